The summed E-state index contributed by atoms with van der Waals surface area (Å²) in [5, 5.41) is 8.75. The molecule has 0 bridgehead atoms. The number of carboxylic acid groups (broad SMARTS) is 1. The number of hydrogen-bond donors (Lipinski definition) is 2. The number of halogens is 2. The van der Waals surface area contributed by atoms with Crippen LogP contribution in [-0.4, -0.2) is 25.5 Å². The minimum atomic E-state index is -4.46. The van der Waals surface area contributed by atoms with E-state index in [2.05, 4.69) is 0 Å². The van der Waals surface area contributed by atoms with E-state index in [0.29, 0.717) is 0 Å². The van der Waals surface area contributed by atoms with E-state index in [1.54, 1.807) is 0 Å². The molecule has 2 N–H and O–H groups in total. The number of carboxylic acids is 1. The maximum Gasteiger partial charge on any atom is 0.307 e. The van der Waals surface area contributed by atoms with Crippen molar-refractivity contribution in [2.45, 2.75) is 24.8 Å². The lowest BCUT2D eigenvalue weighted by atomic mass is 10.1. The van der Waals surface area contributed by atoms with Gasteiger partial charge in [0.2, 0.25) is 10.0 Å². The summed E-state index contributed by atoms with van der Waals surface area (Å²) in [4.78, 5) is 9.60. The minimum Gasteiger partial charge on any atom is -0.481 e. The number of sulfonamides is 1. The quantitative estimate of drug-likeness (QED) is 0.858. The van der Waals surface area contributed by atoms with Gasteiger partial charge in [-0.3, -0.25) is 4.79 Å². The SMILES string of the molecule is CC(NS(=O)(=O)c1c(F)cccc1F)C(C)C(=O)O. The third kappa shape index (κ3) is 3.48. The van der Waals surface area contributed by atoms with E-state index in [9.17, 15) is 22.0 Å². The van der Waals surface area contributed by atoms with Gasteiger partial charge in [-0.15, -0.1) is 0 Å². The van der Waals surface area contributed by atoms with Crippen LogP contribution in [0.15, 0.2) is 23.1 Å². The van der Waals surface area contributed by atoms with Gasteiger partial charge in [-0.2, -0.15) is 0 Å². The number of hydrogen-bond acceptors (Lipinski definition) is 3. The zero-order valence-corrected chi connectivity index (χ0v) is 11.0. The molecule has 8 heteroatoms. The number of benzene rings is 1. The van der Waals surface area contributed by atoms with Gasteiger partial charge in [0.05, 0.1) is 5.92 Å². The molecule has 1 rings (SSSR count). The summed E-state index contributed by atoms with van der Waals surface area (Å²) in [5.41, 5.74) is 0. The largest absolute Gasteiger partial charge is 0.481 e. The number of nitrogens with one attached hydrogen (secondary N) is 1. The van der Waals surface area contributed by atoms with Crippen molar-refractivity contribution in [3.05, 3.63) is 29.8 Å². The predicted octanol–water partition coefficient (Wildman–Crippen LogP) is 1.35. The molecule has 0 spiro atoms. The molecule has 1 aromatic rings. The van der Waals surface area contributed by atoms with Crippen LogP contribution < -0.4 is 4.72 Å². The monoisotopic (exact) mass is 293 g/mol. The smallest absolute Gasteiger partial charge is 0.307 e. The normalized spacial score (nSPS) is 14.9. The summed E-state index contributed by atoms with van der Waals surface area (Å²) in [5.74, 6) is -4.72. The second-order valence-corrected chi connectivity index (χ2v) is 5.74. The van der Waals surface area contributed by atoms with Crippen molar-refractivity contribution in [2.24, 2.45) is 5.92 Å². The van der Waals surface area contributed by atoms with Gasteiger partial charge < -0.3 is 5.11 Å². The first-order valence-electron chi connectivity index (χ1n) is 5.36. The Hall–Kier alpha value is -1.54. The molecule has 0 amide bonds. The summed E-state index contributed by atoms with van der Waals surface area (Å²) < 4.78 is 52.4. The Bertz CT molecular complexity index is 568. The molecule has 5 nitrogen and oxygen atoms in total. The zero-order valence-electron chi connectivity index (χ0n) is 10.2. The van der Waals surface area contributed by atoms with Gasteiger partial charge in [0.25, 0.3) is 0 Å². The molecular formula is C11H13F2NO4S. The first-order chi connectivity index (χ1) is 8.66. The zero-order chi connectivity index (χ0) is 14.8. The van der Waals surface area contributed by atoms with Crippen LogP contribution in [0.5, 0.6) is 0 Å². The third-order valence-corrected chi connectivity index (χ3v) is 4.28. The van der Waals surface area contributed by atoms with E-state index in [-0.39, 0.29) is 0 Å². The highest BCUT2D eigenvalue weighted by molar-refractivity contribution is 7.89. The first-order valence-corrected chi connectivity index (χ1v) is 6.84. The second kappa shape index (κ2) is 5.62. The molecule has 2 unspecified atom stereocenters. The van der Waals surface area contributed by atoms with Crippen LogP contribution >= 0.6 is 0 Å². The molecule has 0 saturated heterocycles. The van der Waals surface area contributed by atoms with E-state index in [1.807, 2.05) is 4.72 Å². The van der Waals surface area contributed by atoms with Crippen LogP contribution in [0.1, 0.15) is 13.8 Å². The number of aliphatic carboxylic acids is 1. The van der Waals surface area contributed by atoms with Crippen molar-refractivity contribution >= 4 is 16.0 Å². The Labute approximate surface area is 109 Å². The van der Waals surface area contributed by atoms with Gasteiger partial charge in [0.1, 0.15) is 11.6 Å². The number of carbonyl (C=O) groups is 1. The summed E-state index contributed by atoms with van der Waals surface area (Å²) in [6, 6.07) is 1.64. The lowest BCUT2D eigenvalue weighted by Crippen LogP contribution is -2.40. The Morgan fingerprint density at radius 3 is 2.16 bits per heavy atom. The molecule has 0 aliphatic heterocycles. The standard InChI is InChI=1S/C11H13F2NO4S/c1-6(11(15)16)7(2)14-19(17,18)10-8(12)4-3-5-9(10)13/h3-7,14H,1-2H3,(H,15,16). The molecule has 0 fully saturated rings. The molecule has 1 aromatic carbocycles. The Kier molecular flexibility index (Phi) is 4.59. The minimum absolute atomic E-state index is 0.808. The average Bonchev–Trinajstić information content (AvgIpc) is 2.26. The van der Waals surface area contributed by atoms with Gasteiger partial charge in [-0.25, -0.2) is 21.9 Å². The van der Waals surface area contributed by atoms with Crippen LogP contribution in [0, 0.1) is 17.6 Å². The maximum atomic E-state index is 13.4. The van der Waals surface area contributed by atoms with Crippen molar-refractivity contribution in [2.75, 3.05) is 0 Å². The molecule has 0 heterocycles. The highest BCUT2D eigenvalue weighted by Gasteiger charge is 2.29. The predicted molar refractivity (Wildman–Crippen MR) is 62.9 cm³/mol. The molecule has 19 heavy (non-hydrogen) atoms. The van der Waals surface area contributed by atoms with Crippen LogP contribution in [0.25, 0.3) is 0 Å². The van der Waals surface area contributed by atoms with E-state index in [0.717, 1.165) is 18.2 Å². The fourth-order valence-electron chi connectivity index (χ4n) is 1.36. The van der Waals surface area contributed by atoms with Gasteiger partial charge >= 0.3 is 5.97 Å². The molecule has 2 atom stereocenters. The van der Waals surface area contributed by atoms with Crippen molar-refractivity contribution in [1.29, 1.82) is 0 Å². The highest BCUT2D eigenvalue weighted by atomic mass is 32.2. The van der Waals surface area contributed by atoms with Crippen molar-refractivity contribution in [3.8, 4) is 0 Å². The molecule has 106 valence electrons. The molecule has 0 saturated carbocycles. The molecule has 0 aliphatic rings. The second-order valence-electron chi connectivity index (χ2n) is 4.09. The van der Waals surface area contributed by atoms with Crippen molar-refractivity contribution in [3.63, 3.8) is 0 Å². The molecule has 0 aliphatic carbocycles. The average molecular weight is 293 g/mol. The van der Waals surface area contributed by atoms with Crippen LogP contribution in [0.2, 0.25) is 0 Å². The Morgan fingerprint density at radius 2 is 1.74 bits per heavy atom. The summed E-state index contributed by atoms with van der Waals surface area (Å²) in [6.45, 7) is 2.59. The fourth-order valence-corrected chi connectivity index (χ4v) is 2.82. The van der Waals surface area contributed by atoms with Gasteiger partial charge in [0, 0.05) is 6.04 Å². The van der Waals surface area contributed by atoms with Crippen LogP contribution in [0.3, 0.4) is 0 Å². The van der Waals surface area contributed by atoms with E-state index >= 15 is 0 Å². The lowest BCUT2D eigenvalue weighted by Gasteiger charge is -2.18. The van der Waals surface area contributed by atoms with Gasteiger partial charge in [0.15, 0.2) is 4.90 Å². The third-order valence-electron chi connectivity index (χ3n) is 2.67. The van der Waals surface area contributed by atoms with Crippen LogP contribution in [-0.2, 0) is 14.8 Å². The summed E-state index contributed by atoms with van der Waals surface area (Å²) >= 11 is 0. The molecule has 0 aromatic heterocycles. The van der Waals surface area contributed by atoms with Gasteiger partial charge in [-0.05, 0) is 19.1 Å². The Balaban J connectivity index is 3.09. The van der Waals surface area contributed by atoms with E-state index in [4.69, 9.17) is 5.11 Å². The summed E-state index contributed by atoms with van der Waals surface area (Å²) in [6.07, 6.45) is 0. The maximum absolute atomic E-state index is 13.4. The van der Waals surface area contributed by atoms with E-state index in [1.165, 1.54) is 13.8 Å². The lowest BCUT2D eigenvalue weighted by molar-refractivity contribution is -0.141. The number of rotatable bonds is 5. The van der Waals surface area contributed by atoms with Crippen LogP contribution in [0.4, 0.5) is 8.78 Å². The van der Waals surface area contributed by atoms with Crippen molar-refractivity contribution < 1.29 is 27.1 Å². The first kappa shape index (κ1) is 15.5. The van der Waals surface area contributed by atoms with Crippen molar-refractivity contribution in [1.82, 2.24) is 4.72 Å². The van der Waals surface area contributed by atoms with Gasteiger partial charge in [-0.1, -0.05) is 13.0 Å². The van der Waals surface area contributed by atoms with E-state index < -0.39 is 44.5 Å². The topological polar surface area (TPSA) is 83.5 Å². The Morgan fingerprint density at radius 1 is 1.26 bits per heavy atom. The highest BCUT2D eigenvalue weighted by Crippen LogP contribution is 2.19. The molecule has 0 radical (unpaired) electrons. The molecular weight excluding hydrogens is 280 g/mol. The fraction of sp³-hybridized carbons (Fsp3) is 0.364. The summed E-state index contributed by atoms with van der Waals surface area (Å²) in [7, 11) is -4.46.